The highest BCUT2D eigenvalue weighted by atomic mass is 32.1. The molecule has 1 heterocycles. The number of rotatable bonds is 4. The Labute approximate surface area is 99.3 Å². The van der Waals surface area contributed by atoms with Crippen LogP contribution >= 0.6 is 11.3 Å². The van der Waals surface area contributed by atoms with Crippen molar-refractivity contribution in [2.45, 2.75) is 38.6 Å². The average molecular weight is 236 g/mol. The summed E-state index contributed by atoms with van der Waals surface area (Å²) in [4.78, 5) is 17.4. The molecule has 1 atom stereocenters. The molecule has 0 spiro atoms. The fourth-order valence-corrected chi connectivity index (χ4v) is 2.86. The second-order valence-electron chi connectivity index (χ2n) is 4.91. The molecule has 3 rings (SSSR count). The lowest BCUT2D eigenvalue weighted by atomic mass is 10.2. The Morgan fingerprint density at radius 2 is 2.25 bits per heavy atom. The number of amides is 1. The number of hydrogen-bond donors (Lipinski definition) is 1. The predicted octanol–water partition coefficient (Wildman–Crippen LogP) is 2.43. The Kier molecular flexibility index (Phi) is 2.46. The molecule has 1 amide bonds. The number of carbonyl (C=O) groups is 1. The number of hydrogen-bond acceptors (Lipinski definition) is 3. The summed E-state index contributed by atoms with van der Waals surface area (Å²) in [5.74, 6) is 1.17. The summed E-state index contributed by atoms with van der Waals surface area (Å²) >= 11 is 1.71. The van der Waals surface area contributed by atoms with Gasteiger partial charge >= 0.3 is 0 Å². The minimum atomic E-state index is 0.187. The van der Waals surface area contributed by atoms with E-state index >= 15 is 0 Å². The summed E-state index contributed by atoms with van der Waals surface area (Å²) in [7, 11) is 0. The van der Waals surface area contributed by atoms with Crippen LogP contribution in [0.15, 0.2) is 6.20 Å². The highest BCUT2D eigenvalue weighted by Gasteiger charge is 2.38. The predicted molar refractivity (Wildman–Crippen MR) is 63.2 cm³/mol. The van der Waals surface area contributed by atoms with E-state index in [9.17, 15) is 4.79 Å². The van der Waals surface area contributed by atoms with E-state index in [0.717, 1.165) is 17.8 Å². The molecule has 1 aromatic heterocycles. The maximum absolute atomic E-state index is 11.8. The zero-order valence-electron chi connectivity index (χ0n) is 9.40. The van der Waals surface area contributed by atoms with Crippen LogP contribution in [-0.4, -0.2) is 10.9 Å². The molecular formula is C12H16N2OS. The van der Waals surface area contributed by atoms with Gasteiger partial charge in [-0.3, -0.25) is 4.79 Å². The third-order valence-electron chi connectivity index (χ3n) is 3.24. The number of nitrogens with zero attached hydrogens (tertiary/aromatic N) is 1. The van der Waals surface area contributed by atoms with Crippen molar-refractivity contribution in [3.05, 3.63) is 16.1 Å². The van der Waals surface area contributed by atoms with Crippen LogP contribution in [0.4, 0.5) is 0 Å². The largest absolute Gasteiger partial charge is 0.346 e. The molecule has 3 nitrogen and oxygen atoms in total. The summed E-state index contributed by atoms with van der Waals surface area (Å²) in [6, 6.07) is 0.187. The van der Waals surface area contributed by atoms with Gasteiger partial charge in [-0.1, -0.05) is 0 Å². The fourth-order valence-electron chi connectivity index (χ4n) is 1.94. The topological polar surface area (TPSA) is 42.0 Å². The first-order chi connectivity index (χ1) is 7.74. The van der Waals surface area contributed by atoms with Crippen LogP contribution in [0.1, 0.15) is 41.6 Å². The molecule has 2 fully saturated rings. The monoisotopic (exact) mass is 236 g/mol. The Hall–Kier alpha value is -0.900. The van der Waals surface area contributed by atoms with Gasteiger partial charge in [0, 0.05) is 17.0 Å². The van der Waals surface area contributed by atoms with Crippen molar-refractivity contribution < 1.29 is 4.79 Å². The summed E-state index contributed by atoms with van der Waals surface area (Å²) in [6.45, 7) is 2.06. The molecule has 0 aliphatic heterocycles. The quantitative estimate of drug-likeness (QED) is 0.872. The van der Waals surface area contributed by atoms with Gasteiger partial charge in [-0.05, 0) is 38.5 Å². The molecule has 0 unspecified atom stereocenters. The number of nitrogens with one attached hydrogen (secondary N) is 1. The maximum Gasteiger partial charge on any atom is 0.223 e. The van der Waals surface area contributed by atoms with Crippen molar-refractivity contribution in [2.24, 2.45) is 11.8 Å². The van der Waals surface area contributed by atoms with Crippen LogP contribution in [-0.2, 0) is 4.79 Å². The van der Waals surface area contributed by atoms with Crippen molar-refractivity contribution in [1.82, 2.24) is 10.3 Å². The highest BCUT2D eigenvalue weighted by molar-refractivity contribution is 7.11. The van der Waals surface area contributed by atoms with E-state index < -0.39 is 0 Å². The Balaban J connectivity index is 1.72. The van der Waals surface area contributed by atoms with E-state index in [4.69, 9.17) is 0 Å². The molecule has 2 aliphatic carbocycles. The van der Waals surface area contributed by atoms with Gasteiger partial charge in [0.1, 0.15) is 5.01 Å². The van der Waals surface area contributed by atoms with Gasteiger partial charge in [0.25, 0.3) is 0 Å². The molecule has 2 aliphatic rings. The third kappa shape index (κ3) is 2.12. The fraction of sp³-hybridized carbons (Fsp3) is 0.667. The second kappa shape index (κ2) is 3.84. The Bertz CT molecular complexity index is 407. The second-order valence-corrected chi connectivity index (χ2v) is 6.17. The molecule has 16 heavy (non-hydrogen) atoms. The summed E-state index contributed by atoms with van der Waals surface area (Å²) in [6.07, 6.45) is 6.50. The Morgan fingerprint density at radius 3 is 2.75 bits per heavy atom. The highest BCUT2D eigenvalue weighted by Crippen LogP contribution is 2.42. The molecule has 1 N–H and O–H groups in total. The number of aromatic nitrogens is 1. The molecule has 4 heteroatoms. The first kappa shape index (κ1) is 10.3. The van der Waals surface area contributed by atoms with Crippen molar-refractivity contribution in [2.75, 3.05) is 0 Å². The molecule has 2 saturated carbocycles. The lowest BCUT2D eigenvalue weighted by Gasteiger charge is -2.15. The first-order valence-corrected chi connectivity index (χ1v) is 6.78. The molecule has 0 bridgehead atoms. The van der Waals surface area contributed by atoms with E-state index in [1.165, 1.54) is 17.7 Å². The van der Waals surface area contributed by atoms with Gasteiger partial charge in [0.15, 0.2) is 0 Å². The molecule has 1 aromatic rings. The van der Waals surface area contributed by atoms with E-state index in [0.29, 0.717) is 11.8 Å². The normalized spacial score (nSPS) is 21.8. The molecule has 0 saturated heterocycles. The summed E-state index contributed by atoms with van der Waals surface area (Å²) < 4.78 is 0. The van der Waals surface area contributed by atoms with Gasteiger partial charge in [0.05, 0.1) is 6.04 Å². The zero-order valence-corrected chi connectivity index (χ0v) is 10.2. The Morgan fingerprint density at radius 1 is 1.50 bits per heavy atom. The van der Waals surface area contributed by atoms with Gasteiger partial charge in [-0.15, -0.1) is 11.3 Å². The van der Waals surface area contributed by atoms with E-state index in [2.05, 4.69) is 17.2 Å². The van der Waals surface area contributed by atoms with Crippen molar-refractivity contribution in [3.8, 4) is 0 Å². The number of aryl methyl sites for hydroxylation is 1. The zero-order chi connectivity index (χ0) is 11.1. The lowest BCUT2D eigenvalue weighted by molar-refractivity contribution is -0.123. The maximum atomic E-state index is 11.8. The molecular weight excluding hydrogens is 220 g/mol. The van der Waals surface area contributed by atoms with Gasteiger partial charge < -0.3 is 5.32 Å². The average Bonchev–Trinajstić information content (AvgIpc) is 3.13. The van der Waals surface area contributed by atoms with Gasteiger partial charge in [-0.2, -0.15) is 0 Å². The first-order valence-electron chi connectivity index (χ1n) is 5.97. The molecule has 0 radical (unpaired) electrons. The summed E-state index contributed by atoms with van der Waals surface area (Å²) in [5, 5.41) is 4.27. The van der Waals surface area contributed by atoms with E-state index in [1.807, 2.05) is 6.20 Å². The lowest BCUT2D eigenvalue weighted by Crippen LogP contribution is -2.30. The van der Waals surface area contributed by atoms with Crippen LogP contribution in [0.5, 0.6) is 0 Å². The minimum absolute atomic E-state index is 0.187. The van der Waals surface area contributed by atoms with Crippen LogP contribution < -0.4 is 5.32 Å². The molecule has 86 valence electrons. The van der Waals surface area contributed by atoms with Crippen molar-refractivity contribution in [1.29, 1.82) is 0 Å². The van der Waals surface area contributed by atoms with Crippen molar-refractivity contribution >= 4 is 17.2 Å². The van der Waals surface area contributed by atoms with Crippen molar-refractivity contribution in [3.63, 3.8) is 0 Å². The smallest absolute Gasteiger partial charge is 0.223 e. The minimum Gasteiger partial charge on any atom is -0.346 e. The van der Waals surface area contributed by atoms with Crippen LogP contribution in [0, 0.1) is 18.8 Å². The third-order valence-corrected chi connectivity index (χ3v) is 4.24. The molecule has 0 aromatic carbocycles. The van der Waals surface area contributed by atoms with Crippen LogP contribution in [0.2, 0.25) is 0 Å². The van der Waals surface area contributed by atoms with Crippen LogP contribution in [0.3, 0.4) is 0 Å². The van der Waals surface area contributed by atoms with Crippen LogP contribution in [0.25, 0.3) is 0 Å². The number of thiazole rings is 1. The van der Waals surface area contributed by atoms with E-state index in [-0.39, 0.29) is 11.9 Å². The van der Waals surface area contributed by atoms with Gasteiger partial charge in [0.2, 0.25) is 5.91 Å². The summed E-state index contributed by atoms with van der Waals surface area (Å²) in [5.41, 5.74) is 0. The number of carbonyl (C=O) groups excluding carboxylic acids is 1. The van der Waals surface area contributed by atoms with E-state index in [1.54, 1.807) is 11.3 Å². The standard InChI is InChI=1S/C12H16N2OS/c1-7-6-13-12(16-7)10(8-2-3-8)14-11(15)9-4-5-9/h6,8-10H,2-5H2,1H3,(H,14,15)/t10-/m0/s1. The van der Waals surface area contributed by atoms with Gasteiger partial charge in [-0.25, -0.2) is 4.98 Å². The SMILES string of the molecule is Cc1cnc([C@@H](NC(=O)C2CC2)C2CC2)s1.